The normalized spacial score (nSPS) is 16.2. The predicted octanol–water partition coefficient (Wildman–Crippen LogP) is 3.03. The van der Waals surface area contributed by atoms with Gasteiger partial charge in [-0.1, -0.05) is 30.3 Å². The highest BCUT2D eigenvalue weighted by Crippen LogP contribution is 2.32. The van der Waals surface area contributed by atoms with Gasteiger partial charge in [-0.3, -0.25) is 0 Å². The van der Waals surface area contributed by atoms with Crippen molar-refractivity contribution < 1.29 is 13.2 Å². The Labute approximate surface area is 136 Å². The number of halogens is 1. The molecular formula is C14H11IN2O3S. The number of amides is 2. The van der Waals surface area contributed by atoms with Crippen LogP contribution in [0.3, 0.4) is 0 Å². The molecule has 2 aromatic carbocycles. The van der Waals surface area contributed by atoms with Gasteiger partial charge in [0.2, 0.25) is 0 Å². The first kappa shape index (κ1) is 14.3. The van der Waals surface area contributed by atoms with Crippen LogP contribution in [-0.4, -0.2) is 18.8 Å². The number of carbonyl (C=O) groups excluding carboxylic acids is 1. The maximum absolute atomic E-state index is 12.6. The van der Waals surface area contributed by atoms with Crippen LogP contribution in [0.25, 0.3) is 0 Å². The molecule has 0 saturated heterocycles. The van der Waals surface area contributed by atoms with Crippen LogP contribution < -0.4 is 5.32 Å². The molecule has 1 N–H and O–H groups in total. The lowest BCUT2D eigenvalue weighted by molar-refractivity contribution is 0.233. The van der Waals surface area contributed by atoms with Crippen LogP contribution in [0, 0.1) is 3.57 Å². The Bertz CT molecular complexity index is 806. The molecule has 1 aliphatic heterocycles. The van der Waals surface area contributed by atoms with Crippen LogP contribution in [0.2, 0.25) is 0 Å². The van der Waals surface area contributed by atoms with Gasteiger partial charge in [-0.2, -0.15) is 0 Å². The van der Waals surface area contributed by atoms with Crippen molar-refractivity contribution in [1.82, 2.24) is 4.31 Å². The molecular weight excluding hydrogens is 403 g/mol. The molecule has 108 valence electrons. The summed E-state index contributed by atoms with van der Waals surface area (Å²) in [4.78, 5) is 12.2. The molecule has 0 spiro atoms. The molecule has 0 bridgehead atoms. The van der Waals surface area contributed by atoms with Gasteiger partial charge in [-0.15, -0.1) is 0 Å². The summed E-state index contributed by atoms with van der Waals surface area (Å²) in [7, 11) is -3.84. The maximum Gasteiger partial charge on any atom is 0.336 e. The fourth-order valence-corrected chi connectivity index (χ4v) is 4.32. The first-order valence-corrected chi connectivity index (χ1v) is 8.67. The number of sulfonamides is 1. The van der Waals surface area contributed by atoms with Crippen LogP contribution in [0.15, 0.2) is 53.4 Å². The van der Waals surface area contributed by atoms with Gasteiger partial charge in [0.25, 0.3) is 10.0 Å². The quantitative estimate of drug-likeness (QED) is 0.769. The molecule has 0 atom stereocenters. The third kappa shape index (κ3) is 2.62. The van der Waals surface area contributed by atoms with E-state index in [1.807, 2.05) is 28.7 Å². The molecule has 1 aliphatic rings. The Morgan fingerprint density at radius 3 is 2.52 bits per heavy atom. The molecule has 0 fully saturated rings. The van der Waals surface area contributed by atoms with Crippen molar-refractivity contribution >= 4 is 44.3 Å². The molecule has 0 radical (unpaired) electrons. The van der Waals surface area contributed by atoms with E-state index in [4.69, 9.17) is 0 Å². The van der Waals surface area contributed by atoms with Gasteiger partial charge in [0.15, 0.2) is 0 Å². The number of fused-ring (bicyclic) bond motifs is 1. The minimum atomic E-state index is -3.84. The minimum Gasteiger partial charge on any atom is -0.306 e. The Hall–Kier alpha value is -1.61. The Kier molecular flexibility index (Phi) is 3.62. The van der Waals surface area contributed by atoms with Gasteiger partial charge in [-0.25, -0.2) is 17.5 Å². The number of nitrogens with zero attached hydrogens (tertiary/aromatic N) is 1. The number of urea groups is 1. The molecule has 0 unspecified atom stereocenters. The van der Waals surface area contributed by atoms with Crippen molar-refractivity contribution in [1.29, 1.82) is 0 Å². The fourth-order valence-electron chi connectivity index (χ4n) is 2.12. The van der Waals surface area contributed by atoms with Crippen LogP contribution in [0.4, 0.5) is 10.5 Å². The highest BCUT2D eigenvalue weighted by atomic mass is 127. The zero-order chi connectivity index (χ0) is 15.0. The van der Waals surface area contributed by atoms with Crippen LogP contribution >= 0.6 is 22.6 Å². The molecule has 1 heterocycles. The lowest BCUT2D eigenvalue weighted by Gasteiger charge is -2.28. The van der Waals surface area contributed by atoms with Crippen molar-refractivity contribution in [2.24, 2.45) is 0 Å². The first-order valence-electron chi connectivity index (χ1n) is 6.16. The molecule has 0 saturated carbocycles. The number of nitrogens with one attached hydrogen (secondary N) is 1. The molecule has 2 aromatic rings. The standard InChI is InChI=1S/C14H11IN2O3S/c15-11-6-7-12-13(8-11)21(19,20)17(14(18)16-12)9-10-4-2-1-3-5-10/h1-8H,9H2,(H,16,18). The van der Waals surface area contributed by atoms with Crippen molar-refractivity contribution in [3.05, 3.63) is 57.7 Å². The topological polar surface area (TPSA) is 66.5 Å². The average Bonchev–Trinajstić information content (AvgIpc) is 2.46. The predicted molar refractivity (Wildman–Crippen MR) is 87.3 cm³/mol. The van der Waals surface area contributed by atoms with Crippen LogP contribution in [0.5, 0.6) is 0 Å². The van der Waals surface area contributed by atoms with E-state index in [1.165, 1.54) is 0 Å². The number of benzene rings is 2. The van der Waals surface area contributed by atoms with Gasteiger partial charge >= 0.3 is 6.03 Å². The lowest BCUT2D eigenvalue weighted by atomic mass is 10.2. The number of hydrogen-bond acceptors (Lipinski definition) is 3. The molecule has 5 nitrogen and oxygen atoms in total. The van der Waals surface area contributed by atoms with Crippen molar-refractivity contribution in [2.75, 3.05) is 5.32 Å². The largest absolute Gasteiger partial charge is 0.336 e. The summed E-state index contributed by atoms with van der Waals surface area (Å²) in [5.74, 6) is 0. The van der Waals surface area contributed by atoms with E-state index in [2.05, 4.69) is 5.32 Å². The SMILES string of the molecule is O=C1Nc2ccc(I)cc2S(=O)(=O)N1Cc1ccccc1. The summed E-state index contributed by atoms with van der Waals surface area (Å²) < 4.78 is 26.9. The summed E-state index contributed by atoms with van der Waals surface area (Å²) >= 11 is 2.04. The van der Waals surface area contributed by atoms with Crippen LogP contribution in [0.1, 0.15) is 5.56 Å². The van der Waals surface area contributed by atoms with E-state index in [-0.39, 0.29) is 11.4 Å². The molecule has 0 aliphatic carbocycles. The van der Waals surface area contributed by atoms with E-state index in [1.54, 1.807) is 42.5 Å². The first-order chi connectivity index (χ1) is 9.98. The summed E-state index contributed by atoms with van der Waals surface area (Å²) in [5, 5.41) is 2.62. The average molecular weight is 414 g/mol. The second-order valence-electron chi connectivity index (χ2n) is 4.57. The van der Waals surface area contributed by atoms with Gasteiger partial charge in [0.05, 0.1) is 12.2 Å². The summed E-state index contributed by atoms with van der Waals surface area (Å²) in [6.07, 6.45) is 0. The summed E-state index contributed by atoms with van der Waals surface area (Å²) in [6.45, 7) is 0.0138. The van der Waals surface area contributed by atoms with E-state index in [0.29, 0.717) is 5.69 Å². The molecule has 7 heteroatoms. The van der Waals surface area contributed by atoms with Crippen LogP contribution in [-0.2, 0) is 16.6 Å². The molecule has 0 aromatic heterocycles. The Balaban J connectivity index is 2.05. The minimum absolute atomic E-state index is 0.0138. The third-order valence-corrected chi connectivity index (χ3v) is 5.59. The zero-order valence-electron chi connectivity index (χ0n) is 10.8. The van der Waals surface area contributed by atoms with Crippen molar-refractivity contribution in [3.8, 4) is 0 Å². The lowest BCUT2D eigenvalue weighted by Crippen LogP contribution is -2.43. The fraction of sp³-hybridized carbons (Fsp3) is 0.0714. The highest BCUT2D eigenvalue weighted by molar-refractivity contribution is 14.1. The van der Waals surface area contributed by atoms with E-state index < -0.39 is 16.1 Å². The number of hydrogen-bond donors (Lipinski definition) is 1. The monoisotopic (exact) mass is 414 g/mol. The smallest absolute Gasteiger partial charge is 0.306 e. The molecule has 3 rings (SSSR count). The van der Waals surface area contributed by atoms with E-state index >= 15 is 0 Å². The van der Waals surface area contributed by atoms with Crippen molar-refractivity contribution in [2.45, 2.75) is 11.4 Å². The Morgan fingerprint density at radius 2 is 1.81 bits per heavy atom. The van der Waals surface area contributed by atoms with Gasteiger partial charge in [0, 0.05) is 3.57 Å². The third-order valence-electron chi connectivity index (χ3n) is 3.15. The number of carbonyl (C=O) groups is 1. The molecule has 21 heavy (non-hydrogen) atoms. The van der Waals surface area contributed by atoms with Crippen molar-refractivity contribution in [3.63, 3.8) is 0 Å². The molecule has 2 amide bonds. The second kappa shape index (κ2) is 5.30. The summed E-state index contributed by atoms with van der Waals surface area (Å²) in [6, 6.07) is 13.3. The summed E-state index contributed by atoms with van der Waals surface area (Å²) in [5.41, 5.74) is 1.08. The van der Waals surface area contributed by atoms with E-state index in [9.17, 15) is 13.2 Å². The van der Waals surface area contributed by atoms with E-state index in [0.717, 1.165) is 13.4 Å². The highest BCUT2D eigenvalue weighted by Gasteiger charge is 2.36. The van der Waals surface area contributed by atoms with Gasteiger partial charge in [0.1, 0.15) is 4.90 Å². The number of anilines is 1. The van der Waals surface area contributed by atoms with Gasteiger partial charge < -0.3 is 5.32 Å². The van der Waals surface area contributed by atoms with Gasteiger partial charge in [-0.05, 0) is 46.4 Å². The number of rotatable bonds is 2. The Morgan fingerprint density at radius 1 is 1.10 bits per heavy atom. The maximum atomic E-state index is 12.6. The zero-order valence-corrected chi connectivity index (χ0v) is 13.8. The second-order valence-corrected chi connectivity index (χ2v) is 7.64.